The van der Waals surface area contributed by atoms with E-state index < -0.39 is 5.97 Å². The lowest BCUT2D eigenvalue weighted by Gasteiger charge is -2.43. The maximum atomic E-state index is 10.8. The zero-order valence-corrected chi connectivity index (χ0v) is 12.3. The first kappa shape index (κ1) is 15.1. The standard InChI is InChI=1S/C15H24N2O3/c1-17(2)15(8-4-3-5-9-15)11-16-10-12-6-7-13(20-12)14(18)19/h6-7,16H,3-5,8-11H2,1-2H3,(H,18,19). The first-order valence-electron chi connectivity index (χ1n) is 7.24. The van der Waals surface area contributed by atoms with E-state index in [4.69, 9.17) is 9.52 Å². The van der Waals surface area contributed by atoms with Crippen LogP contribution in [0.5, 0.6) is 0 Å². The van der Waals surface area contributed by atoms with Crippen LogP contribution in [0.1, 0.15) is 48.4 Å². The fourth-order valence-corrected chi connectivity index (χ4v) is 3.00. The smallest absolute Gasteiger partial charge is 0.371 e. The summed E-state index contributed by atoms with van der Waals surface area (Å²) in [5, 5.41) is 12.2. The summed E-state index contributed by atoms with van der Waals surface area (Å²) in [6, 6.07) is 3.22. The summed E-state index contributed by atoms with van der Waals surface area (Å²) < 4.78 is 5.25. The molecule has 0 saturated heterocycles. The Labute approximate surface area is 119 Å². The minimum atomic E-state index is -1.02. The number of nitrogens with one attached hydrogen (secondary N) is 1. The molecule has 1 aliphatic carbocycles. The monoisotopic (exact) mass is 280 g/mol. The summed E-state index contributed by atoms with van der Waals surface area (Å²) in [5.74, 6) is -0.345. The Bertz CT molecular complexity index is 448. The van der Waals surface area contributed by atoms with Crippen LogP contribution >= 0.6 is 0 Å². The van der Waals surface area contributed by atoms with E-state index in [1.165, 1.54) is 38.2 Å². The summed E-state index contributed by atoms with van der Waals surface area (Å²) in [6.07, 6.45) is 6.32. The maximum absolute atomic E-state index is 10.8. The lowest BCUT2D eigenvalue weighted by molar-refractivity contribution is 0.0659. The lowest BCUT2D eigenvalue weighted by Crippen LogP contribution is -2.52. The van der Waals surface area contributed by atoms with Gasteiger partial charge in [-0.3, -0.25) is 0 Å². The molecule has 2 rings (SSSR count). The molecular formula is C15H24N2O3. The Kier molecular flexibility index (Phi) is 4.83. The topological polar surface area (TPSA) is 65.7 Å². The number of carboxylic acids is 1. The van der Waals surface area contributed by atoms with E-state index in [9.17, 15) is 4.79 Å². The molecule has 0 unspecified atom stereocenters. The maximum Gasteiger partial charge on any atom is 0.371 e. The van der Waals surface area contributed by atoms with Crippen molar-refractivity contribution in [2.24, 2.45) is 0 Å². The third kappa shape index (κ3) is 3.41. The van der Waals surface area contributed by atoms with Gasteiger partial charge >= 0.3 is 5.97 Å². The van der Waals surface area contributed by atoms with Crippen molar-refractivity contribution in [3.63, 3.8) is 0 Å². The van der Waals surface area contributed by atoms with E-state index in [0.29, 0.717) is 12.3 Å². The van der Waals surface area contributed by atoms with Crippen LogP contribution in [0.3, 0.4) is 0 Å². The van der Waals surface area contributed by atoms with Gasteiger partial charge in [-0.1, -0.05) is 19.3 Å². The quantitative estimate of drug-likeness (QED) is 0.837. The van der Waals surface area contributed by atoms with Gasteiger partial charge in [-0.15, -0.1) is 0 Å². The van der Waals surface area contributed by atoms with Gasteiger partial charge in [-0.2, -0.15) is 0 Å². The number of likely N-dealkylation sites (N-methyl/N-ethyl adjacent to an activating group) is 1. The molecule has 1 aliphatic rings. The van der Waals surface area contributed by atoms with Gasteiger partial charge in [0.2, 0.25) is 5.76 Å². The first-order valence-corrected chi connectivity index (χ1v) is 7.24. The minimum absolute atomic E-state index is 0.00166. The Balaban J connectivity index is 1.88. The predicted molar refractivity (Wildman–Crippen MR) is 76.9 cm³/mol. The van der Waals surface area contributed by atoms with E-state index in [2.05, 4.69) is 24.3 Å². The second kappa shape index (κ2) is 6.41. The SMILES string of the molecule is CN(C)C1(CNCc2ccc(C(=O)O)o2)CCCCC1. The van der Waals surface area contributed by atoms with Crippen LogP contribution in [0.25, 0.3) is 0 Å². The van der Waals surface area contributed by atoms with Crippen molar-refractivity contribution >= 4 is 5.97 Å². The van der Waals surface area contributed by atoms with Gasteiger partial charge in [-0.25, -0.2) is 4.79 Å². The highest BCUT2D eigenvalue weighted by Gasteiger charge is 2.33. The van der Waals surface area contributed by atoms with Crippen LogP contribution < -0.4 is 5.32 Å². The summed E-state index contributed by atoms with van der Waals surface area (Å²) >= 11 is 0. The molecule has 0 radical (unpaired) electrons. The number of carbonyl (C=O) groups is 1. The van der Waals surface area contributed by atoms with Crippen LogP contribution in [0.2, 0.25) is 0 Å². The number of rotatable bonds is 6. The van der Waals surface area contributed by atoms with Crippen molar-refractivity contribution in [2.45, 2.75) is 44.2 Å². The molecule has 5 heteroatoms. The summed E-state index contributed by atoms with van der Waals surface area (Å²) in [7, 11) is 4.28. The van der Waals surface area contributed by atoms with E-state index in [1.54, 1.807) is 6.07 Å². The van der Waals surface area contributed by atoms with Gasteiger partial charge in [0.05, 0.1) is 6.54 Å². The van der Waals surface area contributed by atoms with Crippen LogP contribution in [0.15, 0.2) is 16.5 Å². The van der Waals surface area contributed by atoms with Crippen LogP contribution in [-0.2, 0) is 6.54 Å². The normalized spacial score (nSPS) is 18.4. The molecule has 0 atom stereocenters. The highest BCUT2D eigenvalue weighted by molar-refractivity contribution is 5.84. The van der Waals surface area contributed by atoms with E-state index >= 15 is 0 Å². The fraction of sp³-hybridized carbons (Fsp3) is 0.667. The molecule has 1 aromatic rings. The highest BCUT2D eigenvalue weighted by atomic mass is 16.4. The number of hydrogen-bond acceptors (Lipinski definition) is 4. The van der Waals surface area contributed by atoms with Gasteiger partial charge in [-0.05, 0) is 39.1 Å². The fourth-order valence-electron chi connectivity index (χ4n) is 3.00. The molecule has 0 aliphatic heterocycles. The van der Waals surface area contributed by atoms with Gasteiger partial charge in [0.15, 0.2) is 0 Å². The lowest BCUT2D eigenvalue weighted by atomic mass is 9.80. The average molecular weight is 280 g/mol. The summed E-state index contributed by atoms with van der Waals surface area (Å²) in [5.41, 5.74) is 0.223. The van der Waals surface area contributed by atoms with E-state index in [1.807, 2.05) is 0 Å². The Morgan fingerprint density at radius 2 is 2.05 bits per heavy atom. The van der Waals surface area contributed by atoms with Crippen molar-refractivity contribution in [3.8, 4) is 0 Å². The average Bonchev–Trinajstić information content (AvgIpc) is 2.89. The largest absolute Gasteiger partial charge is 0.475 e. The molecule has 1 fully saturated rings. The third-order valence-electron chi connectivity index (χ3n) is 4.36. The number of nitrogens with zero attached hydrogens (tertiary/aromatic N) is 1. The van der Waals surface area contributed by atoms with Crippen LogP contribution in [-0.4, -0.2) is 42.2 Å². The van der Waals surface area contributed by atoms with Crippen molar-refractivity contribution in [3.05, 3.63) is 23.7 Å². The number of hydrogen-bond donors (Lipinski definition) is 2. The molecule has 0 amide bonds. The molecule has 0 bridgehead atoms. The van der Waals surface area contributed by atoms with Gasteiger partial charge in [0.1, 0.15) is 5.76 Å². The van der Waals surface area contributed by atoms with Crippen molar-refractivity contribution in [2.75, 3.05) is 20.6 Å². The van der Waals surface area contributed by atoms with Gasteiger partial charge < -0.3 is 19.7 Å². The number of carboxylic acid groups (broad SMARTS) is 1. The molecule has 20 heavy (non-hydrogen) atoms. The Morgan fingerprint density at radius 3 is 2.60 bits per heavy atom. The summed E-state index contributed by atoms with van der Waals surface area (Å²) in [4.78, 5) is 13.1. The first-order chi connectivity index (χ1) is 9.53. The molecule has 0 spiro atoms. The third-order valence-corrected chi connectivity index (χ3v) is 4.36. The van der Waals surface area contributed by atoms with E-state index in [-0.39, 0.29) is 11.3 Å². The van der Waals surface area contributed by atoms with Crippen molar-refractivity contribution in [1.29, 1.82) is 0 Å². The molecule has 1 aromatic heterocycles. The van der Waals surface area contributed by atoms with Crippen molar-refractivity contribution in [1.82, 2.24) is 10.2 Å². The number of aromatic carboxylic acids is 1. The van der Waals surface area contributed by atoms with Crippen LogP contribution in [0, 0.1) is 0 Å². The molecular weight excluding hydrogens is 256 g/mol. The molecule has 1 saturated carbocycles. The van der Waals surface area contributed by atoms with Crippen LogP contribution in [0.4, 0.5) is 0 Å². The Hall–Kier alpha value is -1.33. The molecule has 112 valence electrons. The van der Waals surface area contributed by atoms with E-state index in [0.717, 1.165) is 6.54 Å². The summed E-state index contributed by atoms with van der Waals surface area (Å²) in [6.45, 7) is 1.48. The second-order valence-electron chi connectivity index (χ2n) is 5.85. The van der Waals surface area contributed by atoms with Gasteiger partial charge in [0.25, 0.3) is 0 Å². The number of furan rings is 1. The zero-order chi connectivity index (χ0) is 14.6. The second-order valence-corrected chi connectivity index (χ2v) is 5.85. The van der Waals surface area contributed by atoms with Crippen molar-refractivity contribution < 1.29 is 14.3 Å². The highest BCUT2D eigenvalue weighted by Crippen LogP contribution is 2.31. The molecule has 1 heterocycles. The predicted octanol–water partition coefficient (Wildman–Crippen LogP) is 2.33. The van der Waals surface area contributed by atoms with Gasteiger partial charge in [0, 0.05) is 12.1 Å². The molecule has 2 N–H and O–H groups in total. The minimum Gasteiger partial charge on any atom is -0.475 e. The molecule has 0 aromatic carbocycles. The zero-order valence-electron chi connectivity index (χ0n) is 12.3. The Morgan fingerprint density at radius 1 is 1.35 bits per heavy atom. The molecule has 5 nitrogen and oxygen atoms in total.